The zero-order valence-electron chi connectivity index (χ0n) is 13.3. The van der Waals surface area contributed by atoms with E-state index in [2.05, 4.69) is 0 Å². The highest BCUT2D eigenvalue weighted by atomic mass is 16.7. The number of carboxylic acids is 1. The molecule has 2 atom stereocenters. The van der Waals surface area contributed by atoms with Gasteiger partial charge in [-0.05, 0) is 52.8 Å². The molecule has 0 bridgehead atoms. The summed E-state index contributed by atoms with van der Waals surface area (Å²) in [7, 11) is -0.234. The van der Waals surface area contributed by atoms with Gasteiger partial charge in [0.25, 0.3) is 0 Å². The smallest absolute Gasteiger partial charge is 0.457 e. The third-order valence-electron chi connectivity index (χ3n) is 5.15. The Morgan fingerprint density at radius 1 is 1.24 bits per heavy atom. The normalized spacial score (nSPS) is 31.4. The monoisotopic (exact) mass is 296 g/mol. The molecule has 1 aliphatic heterocycles. The van der Waals surface area contributed by atoms with E-state index in [-0.39, 0.29) is 30.0 Å². The molecule has 0 aromatic heterocycles. The summed E-state index contributed by atoms with van der Waals surface area (Å²) in [4.78, 5) is 22.7. The van der Waals surface area contributed by atoms with Crippen LogP contribution in [0.4, 0.5) is 0 Å². The molecule has 1 saturated carbocycles. The van der Waals surface area contributed by atoms with Gasteiger partial charge in [0.1, 0.15) is 11.7 Å². The van der Waals surface area contributed by atoms with Crippen molar-refractivity contribution in [2.24, 2.45) is 11.8 Å². The number of hydrogen-bond acceptors (Lipinski definition) is 4. The second-order valence-corrected chi connectivity index (χ2v) is 7.27. The number of carbonyl (C=O) groups excluding carboxylic acids is 1. The highest BCUT2D eigenvalue weighted by molar-refractivity contribution is 6.45. The summed E-state index contributed by atoms with van der Waals surface area (Å²) in [5.41, 5.74) is -0.650. The fourth-order valence-corrected chi connectivity index (χ4v) is 3.05. The van der Waals surface area contributed by atoms with Crippen molar-refractivity contribution in [3.63, 3.8) is 0 Å². The zero-order chi connectivity index (χ0) is 15.8. The summed E-state index contributed by atoms with van der Waals surface area (Å²) in [6, 6.07) is 0. The predicted molar refractivity (Wildman–Crippen MR) is 79.0 cm³/mol. The number of carboxylic acid groups (broad SMARTS) is 1. The van der Waals surface area contributed by atoms with E-state index in [1.807, 2.05) is 27.7 Å². The van der Waals surface area contributed by atoms with E-state index in [1.54, 1.807) is 0 Å². The van der Waals surface area contributed by atoms with Crippen molar-refractivity contribution in [3.05, 3.63) is 0 Å². The van der Waals surface area contributed by atoms with Crippen molar-refractivity contribution in [2.75, 3.05) is 0 Å². The first-order valence-electron chi connectivity index (χ1n) is 7.73. The first-order chi connectivity index (χ1) is 9.62. The van der Waals surface area contributed by atoms with E-state index in [4.69, 9.17) is 14.4 Å². The van der Waals surface area contributed by atoms with Crippen molar-refractivity contribution in [1.82, 2.24) is 0 Å². The summed E-state index contributed by atoms with van der Waals surface area (Å²) in [6.07, 6.45) is 3.22. The lowest BCUT2D eigenvalue weighted by atomic mass is 9.73. The lowest BCUT2D eigenvalue weighted by Gasteiger charge is -2.32. The molecule has 21 heavy (non-hydrogen) atoms. The van der Waals surface area contributed by atoms with Crippen LogP contribution in [0.1, 0.15) is 53.4 Å². The number of Topliss-reactive ketones (excluding diaryl/α,β-unsaturated/α-hetero) is 1. The average Bonchev–Trinajstić information content (AvgIpc) is 2.55. The largest absolute Gasteiger partial charge is 0.481 e. The molecular weight excluding hydrogens is 271 g/mol. The topological polar surface area (TPSA) is 72.8 Å². The number of aliphatic carboxylic acids is 1. The number of ketones is 1. The Morgan fingerprint density at radius 2 is 1.81 bits per heavy atom. The van der Waals surface area contributed by atoms with Crippen LogP contribution >= 0.6 is 0 Å². The molecule has 2 unspecified atom stereocenters. The Morgan fingerprint density at radius 3 is 2.29 bits per heavy atom. The maximum Gasteiger partial charge on any atom is 0.457 e. The van der Waals surface area contributed by atoms with Crippen molar-refractivity contribution in [2.45, 2.75) is 70.9 Å². The molecule has 0 spiro atoms. The number of carbonyl (C=O) groups is 2. The molecule has 1 aliphatic carbocycles. The van der Waals surface area contributed by atoms with Crippen molar-refractivity contribution in [1.29, 1.82) is 0 Å². The minimum Gasteiger partial charge on any atom is -0.481 e. The van der Waals surface area contributed by atoms with E-state index in [9.17, 15) is 9.59 Å². The second kappa shape index (κ2) is 5.73. The maximum absolute atomic E-state index is 11.8. The lowest BCUT2D eigenvalue weighted by Crippen LogP contribution is -2.41. The Hall–Kier alpha value is -0.875. The van der Waals surface area contributed by atoms with E-state index in [1.165, 1.54) is 0 Å². The molecule has 118 valence electrons. The molecule has 2 aliphatic rings. The van der Waals surface area contributed by atoms with Crippen molar-refractivity contribution in [3.8, 4) is 0 Å². The van der Waals surface area contributed by atoms with Crippen LogP contribution in [-0.4, -0.2) is 35.2 Å². The van der Waals surface area contributed by atoms with Crippen LogP contribution in [0.15, 0.2) is 0 Å². The van der Waals surface area contributed by atoms with Crippen LogP contribution in [-0.2, 0) is 18.9 Å². The van der Waals surface area contributed by atoms with E-state index in [0.29, 0.717) is 12.8 Å². The molecule has 0 aromatic carbocycles. The fraction of sp³-hybridized carbons (Fsp3) is 0.867. The van der Waals surface area contributed by atoms with Crippen LogP contribution in [0.5, 0.6) is 0 Å². The quantitative estimate of drug-likeness (QED) is 0.637. The third-order valence-corrected chi connectivity index (χ3v) is 5.15. The summed E-state index contributed by atoms with van der Waals surface area (Å²) in [5.74, 6) is -1.65. The minimum atomic E-state index is -0.982. The summed E-state index contributed by atoms with van der Waals surface area (Å²) >= 11 is 0. The first-order valence-corrected chi connectivity index (χ1v) is 7.73. The van der Waals surface area contributed by atoms with Gasteiger partial charge in [0.15, 0.2) is 0 Å². The lowest BCUT2D eigenvalue weighted by molar-refractivity contribution is -0.148. The van der Waals surface area contributed by atoms with Crippen molar-refractivity contribution >= 4 is 18.9 Å². The van der Waals surface area contributed by atoms with Gasteiger partial charge in [0.05, 0.1) is 11.2 Å². The Balaban J connectivity index is 1.81. The van der Waals surface area contributed by atoms with Gasteiger partial charge in [-0.1, -0.05) is 6.42 Å². The summed E-state index contributed by atoms with van der Waals surface area (Å²) in [6.45, 7) is 8.09. The maximum atomic E-state index is 11.8. The Bertz CT molecular complexity index is 416. The molecular formula is C15H25BO5. The van der Waals surface area contributed by atoms with Crippen LogP contribution in [0, 0.1) is 11.8 Å². The molecule has 1 N–H and O–H groups in total. The van der Waals surface area contributed by atoms with Gasteiger partial charge in [-0.25, -0.2) is 0 Å². The minimum absolute atomic E-state index is 0.132. The molecule has 0 aromatic rings. The van der Waals surface area contributed by atoms with Crippen LogP contribution < -0.4 is 0 Å². The van der Waals surface area contributed by atoms with Gasteiger partial charge in [-0.2, -0.15) is 0 Å². The first kappa shape index (κ1) is 16.5. The highest BCUT2D eigenvalue weighted by Crippen LogP contribution is 2.39. The van der Waals surface area contributed by atoms with E-state index >= 15 is 0 Å². The number of rotatable bonds is 4. The SMILES string of the molecule is CC1(C)OB(CCC2CCC(C(=O)O)C(=O)C2)OC1(C)C. The molecule has 1 heterocycles. The van der Waals surface area contributed by atoms with Crippen molar-refractivity contribution < 1.29 is 24.0 Å². The van der Waals surface area contributed by atoms with Gasteiger partial charge in [-0.3, -0.25) is 9.59 Å². The van der Waals surface area contributed by atoms with Gasteiger partial charge in [0, 0.05) is 6.42 Å². The van der Waals surface area contributed by atoms with Gasteiger partial charge < -0.3 is 14.4 Å². The zero-order valence-corrected chi connectivity index (χ0v) is 13.3. The molecule has 0 amide bonds. The highest BCUT2D eigenvalue weighted by Gasteiger charge is 2.50. The molecule has 0 radical (unpaired) electrons. The van der Waals surface area contributed by atoms with Gasteiger partial charge >= 0.3 is 13.1 Å². The van der Waals surface area contributed by atoms with Gasteiger partial charge in [-0.15, -0.1) is 0 Å². The van der Waals surface area contributed by atoms with Crippen LogP contribution in [0.2, 0.25) is 6.32 Å². The Kier molecular flexibility index (Phi) is 4.50. The van der Waals surface area contributed by atoms with Crippen LogP contribution in [0.25, 0.3) is 0 Å². The van der Waals surface area contributed by atoms with Gasteiger partial charge in [0.2, 0.25) is 0 Å². The summed E-state index contributed by atoms with van der Waals surface area (Å²) in [5, 5.41) is 8.95. The molecule has 6 heteroatoms. The summed E-state index contributed by atoms with van der Waals surface area (Å²) < 4.78 is 11.9. The Labute approximate surface area is 126 Å². The number of hydrogen-bond donors (Lipinski definition) is 1. The second-order valence-electron chi connectivity index (χ2n) is 7.27. The predicted octanol–water partition coefficient (Wildman–Crippen LogP) is 2.54. The molecule has 1 saturated heterocycles. The van der Waals surface area contributed by atoms with Crippen LogP contribution in [0.3, 0.4) is 0 Å². The fourth-order valence-electron chi connectivity index (χ4n) is 3.05. The standard InChI is InChI=1S/C15H25BO5/c1-14(2)15(3,4)21-16(20-14)8-7-10-5-6-11(13(18)19)12(17)9-10/h10-11H,5-9H2,1-4H3,(H,18,19). The average molecular weight is 296 g/mol. The van der Waals surface area contributed by atoms with E-state index in [0.717, 1.165) is 19.2 Å². The molecule has 2 rings (SSSR count). The molecule has 2 fully saturated rings. The van der Waals surface area contributed by atoms with E-state index < -0.39 is 11.9 Å². The molecule has 5 nitrogen and oxygen atoms in total. The third kappa shape index (κ3) is 3.48.